The number of anilines is 1. The van der Waals surface area contributed by atoms with Gasteiger partial charge in [0.25, 0.3) is 5.92 Å². The Morgan fingerprint density at radius 2 is 2.00 bits per heavy atom. The Morgan fingerprint density at radius 1 is 1.21 bits per heavy atom. The number of nitrogens with zero attached hydrogens (tertiary/aromatic N) is 2. The van der Waals surface area contributed by atoms with Crippen molar-refractivity contribution in [2.75, 3.05) is 11.9 Å². The second-order valence-electron chi connectivity index (χ2n) is 11.4. The second kappa shape index (κ2) is 11.3. The minimum absolute atomic E-state index is 0.0971. The Kier molecular flexibility index (Phi) is 7.99. The van der Waals surface area contributed by atoms with Gasteiger partial charge in [0, 0.05) is 35.6 Å². The van der Waals surface area contributed by atoms with Crippen LogP contribution in [0, 0.1) is 29.1 Å². The van der Waals surface area contributed by atoms with Crippen molar-refractivity contribution < 1.29 is 23.2 Å². The minimum Gasteiger partial charge on any atom is -0.374 e. The first kappa shape index (κ1) is 27.6. The number of nitrogens with one attached hydrogen (secondary N) is 3. The Hall–Kier alpha value is -2.93. The molecule has 210 valence electrons. The fourth-order valence-electron chi connectivity index (χ4n) is 6.44. The molecule has 39 heavy (non-hydrogen) atoms. The average Bonchev–Trinajstić information content (AvgIpc) is 3.72. The van der Waals surface area contributed by atoms with Crippen LogP contribution in [0.3, 0.4) is 0 Å². The van der Waals surface area contributed by atoms with Crippen LogP contribution in [-0.4, -0.2) is 59.3 Å². The highest BCUT2D eigenvalue weighted by atomic mass is 35.5. The van der Waals surface area contributed by atoms with Crippen LogP contribution in [0.1, 0.15) is 57.8 Å². The standard InChI is InChI=1S/C28H34ClF2N5O3/c29-18-4-1-5-19(13-18)34-23(11-16-6-7-16)27(39)36-21-8-9-22(28(30,31)14-21)24(36)26(38)35-20(15-32)12-17-3-2-10-33-25(17)37/h1,4-5,13,16-17,20-24,34H,2-3,6-12,14H2,(H,33,37)(H,35,38)/t17-,20+,21+,22+,23-,24+/m1/s1. The number of halogens is 3. The average molecular weight is 562 g/mol. The van der Waals surface area contributed by atoms with E-state index in [1.165, 1.54) is 4.90 Å². The van der Waals surface area contributed by atoms with Crippen molar-refractivity contribution in [2.24, 2.45) is 17.8 Å². The van der Waals surface area contributed by atoms with Gasteiger partial charge < -0.3 is 20.9 Å². The lowest BCUT2D eigenvalue weighted by Gasteiger charge is -2.54. The fourth-order valence-corrected chi connectivity index (χ4v) is 6.63. The van der Waals surface area contributed by atoms with Crippen LogP contribution >= 0.6 is 11.6 Å². The molecule has 5 fully saturated rings. The van der Waals surface area contributed by atoms with E-state index < -0.39 is 54.3 Å². The number of fused-ring (bicyclic) bond motifs is 3. The molecular weight excluding hydrogens is 528 g/mol. The predicted molar refractivity (Wildman–Crippen MR) is 141 cm³/mol. The van der Waals surface area contributed by atoms with Gasteiger partial charge in [0.05, 0.1) is 12.0 Å². The third-order valence-corrected chi connectivity index (χ3v) is 8.82. The summed E-state index contributed by atoms with van der Waals surface area (Å²) >= 11 is 6.14. The quantitative estimate of drug-likeness (QED) is 0.424. The zero-order valence-electron chi connectivity index (χ0n) is 21.7. The molecule has 2 bridgehead atoms. The molecule has 0 spiro atoms. The molecule has 6 atom stereocenters. The summed E-state index contributed by atoms with van der Waals surface area (Å²) in [6, 6.07) is 5.10. The summed E-state index contributed by atoms with van der Waals surface area (Å²) in [4.78, 5) is 41.3. The van der Waals surface area contributed by atoms with Crippen molar-refractivity contribution in [2.45, 2.75) is 87.9 Å². The molecular formula is C28H34ClF2N5O3. The Morgan fingerprint density at radius 3 is 2.67 bits per heavy atom. The summed E-state index contributed by atoms with van der Waals surface area (Å²) in [6.45, 7) is 0.571. The van der Waals surface area contributed by atoms with E-state index >= 15 is 8.78 Å². The van der Waals surface area contributed by atoms with Gasteiger partial charge in [-0.3, -0.25) is 14.4 Å². The van der Waals surface area contributed by atoms with Crippen molar-refractivity contribution in [3.63, 3.8) is 0 Å². The molecule has 5 aliphatic rings. The molecule has 8 nitrogen and oxygen atoms in total. The van der Waals surface area contributed by atoms with E-state index in [9.17, 15) is 19.6 Å². The molecule has 3 heterocycles. The number of piperidine rings is 3. The molecule has 1 aromatic carbocycles. The second-order valence-corrected chi connectivity index (χ2v) is 11.9. The van der Waals surface area contributed by atoms with Crippen molar-refractivity contribution in [3.8, 4) is 6.07 Å². The van der Waals surface area contributed by atoms with Crippen LogP contribution in [0.4, 0.5) is 14.5 Å². The summed E-state index contributed by atoms with van der Waals surface area (Å²) in [5, 5.41) is 18.9. The molecule has 0 aromatic heterocycles. The summed E-state index contributed by atoms with van der Waals surface area (Å²) in [6.07, 6.45) is 4.01. The van der Waals surface area contributed by atoms with Crippen molar-refractivity contribution in [3.05, 3.63) is 29.3 Å². The van der Waals surface area contributed by atoms with Crippen LogP contribution in [0.15, 0.2) is 24.3 Å². The van der Waals surface area contributed by atoms with E-state index in [-0.39, 0.29) is 24.7 Å². The number of carbonyl (C=O) groups excluding carboxylic acids is 3. The zero-order valence-corrected chi connectivity index (χ0v) is 22.4. The predicted octanol–water partition coefficient (Wildman–Crippen LogP) is 3.86. The van der Waals surface area contributed by atoms with E-state index in [0.717, 1.165) is 19.3 Å². The van der Waals surface area contributed by atoms with E-state index in [4.69, 9.17) is 11.6 Å². The van der Waals surface area contributed by atoms with E-state index in [0.29, 0.717) is 42.4 Å². The number of carbonyl (C=O) groups is 3. The molecule has 1 aromatic rings. The molecule has 3 N–H and O–H groups in total. The van der Waals surface area contributed by atoms with Gasteiger partial charge in [-0.25, -0.2) is 8.78 Å². The first-order valence-corrected chi connectivity index (χ1v) is 14.2. The minimum atomic E-state index is -3.10. The van der Waals surface area contributed by atoms with E-state index in [1.807, 2.05) is 6.07 Å². The lowest BCUT2D eigenvalue weighted by atomic mass is 9.71. The van der Waals surface area contributed by atoms with Gasteiger partial charge in [-0.05, 0) is 62.6 Å². The topological polar surface area (TPSA) is 114 Å². The molecule has 2 saturated carbocycles. The van der Waals surface area contributed by atoms with Crippen LogP contribution in [0.25, 0.3) is 0 Å². The number of hydrogen-bond acceptors (Lipinski definition) is 5. The highest BCUT2D eigenvalue weighted by molar-refractivity contribution is 6.30. The van der Waals surface area contributed by atoms with Gasteiger partial charge in [-0.15, -0.1) is 0 Å². The highest BCUT2D eigenvalue weighted by Crippen LogP contribution is 2.49. The number of amides is 3. The van der Waals surface area contributed by atoms with Gasteiger partial charge in [-0.1, -0.05) is 30.5 Å². The van der Waals surface area contributed by atoms with Crippen molar-refractivity contribution in [1.29, 1.82) is 5.26 Å². The van der Waals surface area contributed by atoms with E-state index in [2.05, 4.69) is 16.0 Å². The number of benzene rings is 1. The van der Waals surface area contributed by atoms with Gasteiger partial charge >= 0.3 is 0 Å². The number of rotatable bonds is 9. The molecule has 3 aliphatic heterocycles. The molecule has 2 aliphatic carbocycles. The normalized spacial score (nSPS) is 29.1. The Bertz CT molecular complexity index is 1160. The molecule has 6 rings (SSSR count). The summed E-state index contributed by atoms with van der Waals surface area (Å²) < 4.78 is 30.3. The summed E-state index contributed by atoms with van der Waals surface area (Å²) in [5.74, 6) is -5.83. The maximum atomic E-state index is 15.1. The molecule has 0 unspecified atom stereocenters. The van der Waals surface area contributed by atoms with Gasteiger partial charge in [0.15, 0.2) is 0 Å². The Balaban J connectivity index is 1.38. The molecule has 3 saturated heterocycles. The fraction of sp³-hybridized carbons (Fsp3) is 0.643. The highest BCUT2D eigenvalue weighted by Gasteiger charge is 2.61. The maximum absolute atomic E-state index is 15.1. The SMILES string of the molecule is N#C[C@H](C[C@H]1CCCNC1=O)NC(=O)[C@@H]1[C@@H]2CC[C@@H](CC2(F)F)N1C(=O)[C@@H](CC1CC1)Nc1cccc(Cl)c1. The smallest absolute Gasteiger partial charge is 0.255 e. The lowest BCUT2D eigenvalue weighted by Crippen LogP contribution is -2.70. The van der Waals surface area contributed by atoms with Gasteiger partial charge in [0.1, 0.15) is 18.1 Å². The number of alkyl halides is 2. The summed E-state index contributed by atoms with van der Waals surface area (Å²) in [5.41, 5.74) is 0.644. The van der Waals surface area contributed by atoms with Crippen molar-refractivity contribution >= 4 is 35.0 Å². The monoisotopic (exact) mass is 561 g/mol. The largest absolute Gasteiger partial charge is 0.374 e. The van der Waals surface area contributed by atoms with Crippen LogP contribution in [0.2, 0.25) is 5.02 Å². The van der Waals surface area contributed by atoms with E-state index in [1.54, 1.807) is 24.3 Å². The first-order valence-electron chi connectivity index (χ1n) is 13.9. The molecule has 0 radical (unpaired) electrons. The molecule has 3 amide bonds. The first-order chi connectivity index (χ1) is 18.7. The third kappa shape index (κ3) is 6.13. The summed E-state index contributed by atoms with van der Waals surface area (Å²) in [7, 11) is 0. The van der Waals surface area contributed by atoms with Gasteiger partial charge in [0.2, 0.25) is 17.7 Å². The number of hydrogen-bond donors (Lipinski definition) is 3. The van der Waals surface area contributed by atoms with Crippen LogP contribution in [0.5, 0.6) is 0 Å². The molecule has 11 heteroatoms. The maximum Gasteiger partial charge on any atom is 0.255 e. The Labute approximate surface area is 231 Å². The lowest BCUT2D eigenvalue weighted by molar-refractivity contribution is -0.194. The third-order valence-electron chi connectivity index (χ3n) is 8.58. The zero-order chi connectivity index (χ0) is 27.7. The van der Waals surface area contributed by atoms with Crippen LogP contribution < -0.4 is 16.0 Å². The number of nitriles is 1. The van der Waals surface area contributed by atoms with Crippen molar-refractivity contribution in [1.82, 2.24) is 15.5 Å². The van der Waals surface area contributed by atoms with Crippen LogP contribution in [-0.2, 0) is 14.4 Å². The van der Waals surface area contributed by atoms with Gasteiger partial charge in [-0.2, -0.15) is 5.26 Å².